The summed E-state index contributed by atoms with van der Waals surface area (Å²) in [5.74, 6) is 1.83. The van der Waals surface area contributed by atoms with Gasteiger partial charge < -0.3 is 9.88 Å². The molecule has 0 spiro atoms. The van der Waals surface area contributed by atoms with Crippen LogP contribution in [0.5, 0.6) is 0 Å². The van der Waals surface area contributed by atoms with Crippen LogP contribution in [-0.2, 0) is 13.1 Å². The van der Waals surface area contributed by atoms with E-state index < -0.39 is 0 Å². The van der Waals surface area contributed by atoms with Gasteiger partial charge in [-0.3, -0.25) is 0 Å². The molecule has 0 amide bonds. The monoisotopic (exact) mass is 235 g/mol. The van der Waals surface area contributed by atoms with Gasteiger partial charge in [0.1, 0.15) is 0 Å². The summed E-state index contributed by atoms with van der Waals surface area (Å²) in [6.45, 7) is 7.79. The van der Waals surface area contributed by atoms with Crippen LogP contribution in [0.25, 0.3) is 0 Å². The second-order valence-corrected chi connectivity index (χ2v) is 5.49. The third-order valence-electron chi connectivity index (χ3n) is 3.81. The van der Waals surface area contributed by atoms with E-state index in [1.807, 2.05) is 12.5 Å². The van der Waals surface area contributed by atoms with E-state index >= 15 is 0 Å². The van der Waals surface area contributed by atoms with E-state index in [0.717, 1.165) is 24.9 Å². The number of imidazole rings is 1. The van der Waals surface area contributed by atoms with Crippen molar-refractivity contribution in [2.75, 3.05) is 6.54 Å². The van der Waals surface area contributed by atoms with Crippen LogP contribution in [0.3, 0.4) is 0 Å². The molecular weight excluding hydrogens is 210 g/mol. The van der Waals surface area contributed by atoms with Gasteiger partial charge in [0.25, 0.3) is 0 Å². The highest BCUT2D eigenvalue weighted by Crippen LogP contribution is 2.29. The topological polar surface area (TPSA) is 29.9 Å². The maximum absolute atomic E-state index is 4.23. The van der Waals surface area contributed by atoms with Crippen molar-refractivity contribution in [1.29, 1.82) is 0 Å². The number of rotatable bonds is 6. The number of nitrogens with one attached hydrogen (secondary N) is 1. The second kappa shape index (κ2) is 6.20. The molecule has 2 atom stereocenters. The molecule has 1 aliphatic carbocycles. The largest absolute Gasteiger partial charge is 0.333 e. The van der Waals surface area contributed by atoms with E-state index in [9.17, 15) is 0 Å². The average Bonchev–Trinajstić information content (AvgIpc) is 2.90. The molecule has 96 valence electrons. The van der Waals surface area contributed by atoms with Gasteiger partial charge in [-0.2, -0.15) is 0 Å². The minimum atomic E-state index is 0.896. The van der Waals surface area contributed by atoms with Crippen molar-refractivity contribution in [3.8, 4) is 0 Å². The van der Waals surface area contributed by atoms with Gasteiger partial charge in [-0.05, 0) is 37.6 Å². The molecule has 0 bridgehead atoms. The zero-order valence-corrected chi connectivity index (χ0v) is 11.2. The van der Waals surface area contributed by atoms with E-state index in [-0.39, 0.29) is 0 Å². The van der Waals surface area contributed by atoms with Crippen LogP contribution < -0.4 is 5.32 Å². The fraction of sp³-hybridized carbons (Fsp3) is 0.786. The molecule has 2 rings (SSSR count). The minimum absolute atomic E-state index is 0.896. The zero-order chi connectivity index (χ0) is 12.1. The van der Waals surface area contributed by atoms with Gasteiger partial charge in [-0.15, -0.1) is 0 Å². The fourth-order valence-electron chi connectivity index (χ4n) is 2.85. The number of nitrogens with zero attached hydrogens (tertiary/aromatic N) is 2. The van der Waals surface area contributed by atoms with Crippen molar-refractivity contribution < 1.29 is 0 Å². The summed E-state index contributed by atoms with van der Waals surface area (Å²) in [6.07, 6.45) is 9.32. The Morgan fingerprint density at radius 3 is 3.06 bits per heavy atom. The third-order valence-corrected chi connectivity index (χ3v) is 3.81. The Labute approximate surface area is 105 Å². The van der Waals surface area contributed by atoms with Crippen molar-refractivity contribution >= 4 is 0 Å². The number of aryl methyl sites for hydroxylation is 1. The number of hydrogen-bond acceptors (Lipinski definition) is 2. The molecule has 1 heterocycles. The lowest BCUT2D eigenvalue weighted by Gasteiger charge is -2.12. The van der Waals surface area contributed by atoms with Crippen molar-refractivity contribution in [1.82, 2.24) is 14.9 Å². The SMILES string of the molecule is CCCn1cncc1CNCC1CCC(C)C1. The van der Waals surface area contributed by atoms with E-state index in [1.54, 1.807) is 0 Å². The molecule has 3 heteroatoms. The molecule has 0 aromatic carbocycles. The lowest BCUT2D eigenvalue weighted by atomic mass is 10.1. The first kappa shape index (κ1) is 12.6. The van der Waals surface area contributed by atoms with Gasteiger partial charge in [-0.1, -0.05) is 20.3 Å². The van der Waals surface area contributed by atoms with E-state index in [4.69, 9.17) is 0 Å². The molecule has 1 aromatic heterocycles. The highest BCUT2D eigenvalue weighted by molar-refractivity contribution is 4.97. The van der Waals surface area contributed by atoms with E-state index in [2.05, 4.69) is 28.7 Å². The van der Waals surface area contributed by atoms with Gasteiger partial charge >= 0.3 is 0 Å². The third kappa shape index (κ3) is 3.56. The molecule has 1 N–H and O–H groups in total. The van der Waals surface area contributed by atoms with E-state index in [1.165, 1.54) is 37.9 Å². The van der Waals surface area contributed by atoms with Crippen LogP contribution in [0.2, 0.25) is 0 Å². The highest BCUT2D eigenvalue weighted by Gasteiger charge is 2.20. The molecule has 1 aliphatic rings. The van der Waals surface area contributed by atoms with Crippen LogP contribution in [0.15, 0.2) is 12.5 Å². The molecular formula is C14H25N3. The first-order valence-corrected chi connectivity index (χ1v) is 6.99. The van der Waals surface area contributed by atoms with Crippen LogP contribution in [0.4, 0.5) is 0 Å². The van der Waals surface area contributed by atoms with Crippen molar-refractivity contribution in [3.05, 3.63) is 18.2 Å². The highest BCUT2D eigenvalue weighted by atomic mass is 15.1. The molecule has 3 nitrogen and oxygen atoms in total. The molecule has 1 aromatic rings. The normalized spacial score (nSPS) is 24.4. The van der Waals surface area contributed by atoms with Gasteiger partial charge in [0.05, 0.1) is 12.0 Å². The molecule has 0 saturated heterocycles. The summed E-state index contributed by atoms with van der Waals surface area (Å²) in [7, 11) is 0. The predicted molar refractivity (Wildman–Crippen MR) is 70.7 cm³/mol. The zero-order valence-electron chi connectivity index (χ0n) is 11.2. The maximum Gasteiger partial charge on any atom is 0.0948 e. The molecule has 1 saturated carbocycles. The lowest BCUT2D eigenvalue weighted by Crippen LogP contribution is -2.22. The Hall–Kier alpha value is -0.830. The molecule has 1 fully saturated rings. The van der Waals surface area contributed by atoms with Gasteiger partial charge in [-0.25, -0.2) is 4.98 Å². The molecule has 0 radical (unpaired) electrons. The standard InChI is InChI=1S/C14H25N3/c1-3-6-17-11-16-10-14(17)9-15-8-13-5-4-12(2)7-13/h10-13,15H,3-9H2,1-2H3. The number of aromatic nitrogens is 2. The minimum Gasteiger partial charge on any atom is -0.333 e. The molecule has 17 heavy (non-hydrogen) atoms. The summed E-state index contributed by atoms with van der Waals surface area (Å²) >= 11 is 0. The Bertz CT molecular complexity index is 332. The second-order valence-electron chi connectivity index (χ2n) is 5.49. The van der Waals surface area contributed by atoms with Gasteiger partial charge in [0.2, 0.25) is 0 Å². The summed E-state index contributed by atoms with van der Waals surface area (Å²) in [5, 5.41) is 3.59. The Morgan fingerprint density at radius 2 is 2.35 bits per heavy atom. The quantitative estimate of drug-likeness (QED) is 0.821. The van der Waals surface area contributed by atoms with Gasteiger partial charge in [0, 0.05) is 19.3 Å². The van der Waals surface area contributed by atoms with Crippen LogP contribution in [0.1, 0.15) is 45.2 Å². The summed E-state index contributed by atoms with van der Waals surface area (Å²) in [4.78, 5) is 4.23. The van der Waals surface area contributed by atoms with Crippen LogP contribution >= 0.6 is 0 Å². The fourth-order valence-corrected chi connectivity index (χ4v) is 2.85. The smallest absolute Gasteiger partial charge is 0.0948 e. The Morgan fingerprint density at radius 1 is 1.47 bits per heavy atom. The van der Waals surface area contributed by atoms with Crippen LogP contribution in [-0.4, -0.2) is 16.1 Å². The lowest BCUT2D eigenvalue weighted by molar-refractivity contribution is 0.464. The van der Waals surface area contributed by atoms with Crippen molar-refractivity contribution in [2.24, 2.45) is 11.8 Å². The summed E-state index contributed by atoms with van der Waals surface area (Å²) in [5.41, 5.74) is 1.32. The molecule has 2 unspecified atom stereocenters. The Kier molecular flexibility index (Phi) is 4.60. The van der Waals surface area contributed by atoms with E-state index in [0.29, 0.717) is 0 Å². The first-order chi connectivity index (χ1) is 8.29. The molecule has 0 aliphatic heterocycles. The van der Waals surface area contributed by atoms with Crippen molar-refractivity contribution in [3.63, 3.8) is 0 Å². The Balaban J connectivity index is 1.72. The summed E-state index contributed by atoms with van der Waals surface area (Å²) in [6, 6.07) is 0. The average molecular weight is 235 g/mol. The summed E-state index contributed by atoms with van der Waals surface area (Å²) < 4.78 is 2.25. The first-order valence-electron chi connectivity index (χ1n) is 6.99. The van der Waals surface area contributed by atoms with Crippen LogP contribution in [0, 0.1) is 11.8 Å². The van der Waals surface area contributed by atoms with Gasteiger partial charge in [0.15, 0.2) is 0 Å². The maximum atomic E-state index is 4.23. The number of hydrogen-bond donors (Lipinski definition) is 1. The predicted octanol–water partition coefficient (Wildman–Crippen LogP) is 2.82. The van der Waals surface area contributed by atoms with Crippen molar-refractivity contribution in [2.45, 2.75) is 52.6 Å².